The average Bonchev–Trinajstić information content (AvgIpc) is 3.02. The first kappa shape index (κ1) is 18.5. The summed E-state index contributed by atoms with van der Waals surface area (Å²) in [6.07, 6.45) is 0.482. The summed E-state index contributed by atoms with van der Waals surface area (Å²) in [6.45, 7) is 1.49. The highest BCUT2D eigenvalue weighted by Gasteiger charge is 2.18. The summed E-state index contributed by atoms with van der Waals surface area (Å²) in [4.78, 5) is 31.6. The zero-order valence-electron chi connectivity index (χ0n) is 14.2. The molecule has 0 aliphatic heterocycles. The summed E-state index contributed by atoms with van der Waals surface area (Å²) in [5.74, 6) is -0.0956. The normalized spacial score (nSPS) is 12.1. The lowest BCUT2D eigenvalue weighted by Gasteiger charge is -2.15. The van der Waals surface area contributed by atoms with Crippen molar-refractivity contribution in [2.24, 2.45) is 0 Å². The van der Waals surface area contributed by atoms with Crippen LogP contribution >= 0.6 is 23.4 Å². The molecule has 26 heavy (non-hydrogen) atoms. The number of imidazole rings is 1. The van der Waals surface area contributed by atoms with Gasteiger partial charge in [-0.2, -0.15) is 0 Å². The molecule has 1 heterocycles. The number of carbonyl (C=O) groups excluding carboxylic acids is 2. The van der Waals surface area contributed by atoms with Gasteiger partial charge in [-0.1, -0.05) is 53.7 Å². The molecule has 0 spiro atoms. The lowest BCUT2D eigenvalue weighted by atomic mass is 10.0. The third kappa shape index (κ3) is 4.86. The van der Waals surface area contributed by atoms with Crippen molar-refractivity contribution in [1.29, 1.82) is 0 Å². The first-order valence-corrected chi connectivity index (χ1v) is 9.49. The molecule has 3 rings (SSSR count). The number of amides is 1. The molecule has 134 valence electrons. The van der Waals surface area contributed by atoms with Gasteiger partial charge < -0.3 is 10.3 Å². The van der Waals surface area contributed by atoms with E-state index in [1.54, 1.807) is 12.1 Å². The van der Waals surface area contributed by atoms with Crippen molar-refractivity contribution in [1.82, 2.24) is 15.3 Å². The van der Waals surface area contributed by atoms with Crippen LogP contribution in [-0.2, 0) is 16.0 Å². The van der Waals surface area contributed by atoms with Gasteiger partial charge in [-0.3, -0.25) is 9.59 Å². The number of H-pyrrole nitrogens is 1. The summed E-state index contributed by atoms with van der Waals surface area (Å²) in [5.41, 5.74) is 2.63. The van der Waals surface area contributed by atoms with Gasteiger partial charge in [0.15, 0.2) is 10.9 Å². The molecular weight excluding hydrogens is 370 g/mol. The molecule has 0 radical (unpaired) electrons. The minimum atomic E-state index is -0.528. The molecule has 0 saturated heterocycles. The topological polar surface area (TPSA) is 74.8 Å². The van der Waals surface area contributed by atoms with Crippen LogP contribution in [-0.4, -0.2) is 33.5 Å². The molecule has 1 amide bonds. The minimum Gasteiger partial charge on any atom is -0.345 e. The lowest BCUT2D eigenvalue weighted by Crippen LogP contribution is -2.42. The Morgan fingerprint density at radius 3 is 2.73 bits per heavy atom. The minimum absolute atomic E-state index is 0.0643. The fraction of sp³-hybridized carbons (Fsp3) is 0.211. The van der Waals surface area contributed by atoms with E-state index in [0.717, 1.165) is 16.6 Å². The van der Waals surface area contributed by atoms with E-state index in [4.69, 9.17) is 11.6 Å². The number of aromatic nitrogens is 2. The first-order valence-electron chi connectivity index (χ1n) is 8.13. The van der Waals surface area contributed by atoms with Crippen molar-refractivity contribution >= 4 is 46.1 Å². The fourth-order valence-corrected chi connectivity index (χ4v) is 3.41. The van der Waals surface area contributed by atoms with Crippen molar-refractivity contribution in [2.75, 3.05) is 5.75 Å². The number of nitrogens with zero attached hydrogens (tertiary/aromatic N) is 1. The van der Waals surface area contributed by atoms with E-state index in [1.807, 2.05) is 36.4 Å². The predicted octanol–water partition coefficient (Wildman–Crippen LogP) is 3.62. The fourth-order valence-electron chi connectivity index (χ4n) is 2.54. The van der Waals surface area contributed by atoms with Crippen molar-refractivity contribution in [3.8, 4) is 0 Å². The second-order valence-corrected chi connectivity index (χ2v) is 7.31. The highest BCUT2D eigenvalue weighted by atomic mass is 35.5. The Balaban J connectivity index is 1.58. The van der Waals surface area contributed by atoms with Crippen LogP contribution in [0.1, 0.15) is 12.5 Å². The number of aromatic amines is 1. The molecule has 1 aromatic heterocycles. The van der Waals surface area contributed by atoms with E-state index in [9.17, 15) is 9.59 Å². The van der Waals surface area contributed by atoms with E-state index < -0.39 is 6.04 Å². The number of Topliss-reactive ketones (excluding diaryl/α,β-unsaturated/α-hetero) is 1. The van der Waals surface area contributed by atoms with Crippen LogP contribution in [0.5, 0.6) is 0 Å². The maximum Gasteiger partial charge on any atom is 0.231 e. The van der Waals surface area contributed by atoms with Crippen molar-refractivity contribution in [3.05, 3.63) is 59.1 Å². The van der Waals surface area contributed by atoms with Gasteiger partial charge in [0.1, 0.15) is 0 Å². The SMILES string of the molecule is CC(=O)C(Cc1ccccc1)NC(=O)CSc1nc2ccc(Cl)cc2[nH]1. The number of carbonyl (C=O) groups is 2. The van der Waals surface area contributed by atoms with Crippen LogP contribution in [0.3, 0.4) is 0 Å². The highest BCUT2D eigenvalue weighted by Crippen LogP contribution is 2.22. The van der Waals surface area contributed by atoms with E-state index in [-0.39, 0.29) is 17.4 Å². The number of hydrogen-bond acceptors (Lipinski definition) is 4. The molecule has 0 aliphatic carbocycles. The predicted molar refractivity (Wildman–Crippen MR) is 105 cm³/mol. The number of fused-ring (bicyclic) bond motifs is 1. The van der Waals surface area contributed by atoms with Crippen LogP contribution in [0.4, 0.5) is 0 Å². The monoisotopic (exact) mass is 387 g/mol. The molecule has 2 N–H and O–H groups in total. The average molecular weight is 388 g/mol. The largest absolute Gasteiger partial charge is 0.345 e. The molecule has 0 fully saturated rings. The van der Waals surface area contributed by atoms with E-state index in [0.29, 0.717) is 16.6 Å². The van der Waals surface area contributed by atoms with Crippen molar-refractivity contribution in [2.45, 2.75) is 24.5 Å². The van der Waals surface area contributed by atoms with E-state index in [1.165, 1.54) is 18.7 Å². The molecule has 0 aliphatic rings. The summed E-state index contributed by atoms with van der Waals surface area (Å²) < 4.78 is 0. The number of thioether (sulfide) groups is 1. The molecule has 0 bridgehead atoms. The smallest absolute Gasteiger partial charge is 0.231 e. The number of hydrogen-bond donors (Lipinski definition) is 2. The molecule has 5 nitrogen and oxygen atoms in total. The molecular formula is C19H18ClN3O2S. The number of halogens is 1. The van der Waals surface area contributed by atoms with Gasteiger partial charge in [0, 0.05) is 5.02 Å². The second kappa shape index (κ2) is 8.38. The second-order valence-electron chi connectivity index (χ2n) is 5.91. The Labute approximate surface area is 160 Å². The van der Waals surface area contributed by atoms with Crippen molar-refractivity contribution in [3.63, 3.8) is 0 Å². The molecule has 1 unspecified atom stereocenters. The lowest BCUT2D eigenvalue weighted by molar-refractivity contribution is -0.125. The number of benzene rings is 2. The standard InChI is InChI=1S/C19H18ClN3O2S/c1-12(24)16(9-13-5-3-2-4-6-13)21-18(25)11-26-19-22-15-8-7-14(20)10-17(15)23-19/h2-8,10,16H,9,11H2,1H3,(H,21,25)(H,22,23). The number of ketones is 1. The first-order chi connectivity index (χ1) is 12.5. The van der Waals surface area contributed by atoms with Gasteiger partial charge >= 0.3 is 0 Å². The molecule has 3 aromatic rings. The van der Waals surface area contributed by atoms with Crippen LogP contribution in [0.15, 0.2) is 53.7 Å². The summed E-state index contributed by atoms with van der Waals surface area (Å²) in [5, 5.41) is 4.07. The zero-order chi connectivity index (χ0) is 18.5. The third-order valence-electron chi connectivity index (χ3n) is 3.87. The van der Waals surface area contributed by atoms with Crippen LogP contribution < -0.4 is 5.32 Å². The number of nitrogens with one attached hydrogen (secondary N) is 2. The molecule has 2 aromatic carbocycles. The van der Waals surface area contributed by atoms with Gasteiger partial charge in [0.05, 0.1) is 22.8 Å². The molecule has 0 saturated carbocycles. The van der Waals surface area contributed by atoms with Crippen molar-refractivity contribution < 1.29 is 9.59 Å². The van der Waals surface area contributed by atoms with Gasteiger partial charge in [-0.15, -0.1) is 0 Å². The van der Waals surface area contributed by atoms with Gasteiger partial charge in [-0.25, -0.2) is 4.98 Å². The Bertz CT molecular complexity index is 927. The highest BCUT2D eigenvalue weighted by molar-refractivity contribution is 7.99. The van der Waals surface area contributed by atoms with Crippen LogP contribution in [0.2, 0.25) is 5.02 Å². The Kier molecular flexibility index (Phi) is 5.96. The molecule has 1 atom stereocenters. The van der Waals surface area contributed by atoms with E-state index in [2.05, 4.69) is 15.3 Å². The Morgan fingerprint density at radius 2 is 2.00 bits per heavy atom. The molecule has 7 heteroatoms. The third-order valence-corrected chi connectivity index (χ3v) is 4.98. The maximum atomic E-state index is 12.2. The summed E-state index contributed by atoms with van der Waals surface area (Å²) in [7, 11) is 0. The Morgan fingerprint density at radius 1 is 1.23 bits per heavy atom. The summed E-state index contributed by atoms with van der Waals surface area (Å²) in [6, 6.07) is 14.5. The number of rotatable bonds is 7. The van der Waals surface area contributed by atoms with Gasteiger partial charge in [0.2, 0.25) is 5.91 Å². The maximum absolute atomic E-state index is 12.2. The zero-order valence-corrected chi connectivity index (χ0v) is 15.7. The summed E-state index contributed by atoms with van der Waals surface area (Å²) >= 11 is 7.25. The van der Waals surface area contributed by atoms with Gasteiger partial charge in [0.25, 0.3) is 0 Å². The van der Waals surface area contributed by atoms with Gasteiger partial charge in [-0.05, 0) is 37.1 Å². The van der Waals surface area contributed by atoms with Crippen LogP contribution in [0.25, 0.3) is 11.0 Å². The quantitative estimate of drug-likeness (QED) is 0.607. The van der Waals surface area contributed by atoms with Crippen LogP contribution in [0, 0.1) is 0 Å². The Hall–Kier alpha value is -2.31. The van der Waals surface area contributed by atoms with E-state index >= 15 is 0 Å².